The van der Waals surface area contributed by atoms with E-state index in [0.29, 0.717) is 23.6 Å². The Bertz CT molecular complexity index is 1390. The SMILES string of the molecule is CCc1c(C(=O)O)noc1CNC(=O)C(c1ccc(CN2N=C(c3ccccc3)OCC2=O)cc1)C1CCCC1. The largest absolute Gasteiger partial charge is 0.476 e. The molecular formula is C30H32N4O6. The first-order valence-corrected chi connectivity index (χ1v) is 13.6. The molecule has 208 valence electrons. The standard InChI is InChI=1S/C30H32N4O6/c1-2-23-24(40-33-27(23)30(37)38)16-31-28(36)26(20-8-6-7-9-20)21-14-12-19(13-15-21)17-34-25(35)18-39-29(32-34)22-10-4-3-5-11-22/h3-5,10-15,20,26H,2,6-9,16-18H2,1H3,(H,31,36)(H,37,38). The minimum Gasteiger partial charge on any atom is -0.476 e. The van der Waals surface area contributed by atoms with Crippen LogP contribution in [0, 0.1) is 5.92 Å². The normalized spacial score (nSPS) is 16.4. The van der Waals surface area contributed by atoms with E-state index in [1.54, 1.807) is 0 Å². The number of carbonyl (C=O) groups is 3. The van der Waals surface area contributed by atoms with Gasteiger partial charge in [0, 0.05) is 11.1 Å². The molecular weight excluding hydrogens is 512 g/mol. The fourth-order valence-electron chi connectivity index (χ4n) is 5.47. The molecule has 1 aliphatic carbocycles. The van der Waals surface area contributed by atoms with Crippen molar-refractivity contribution in [3.8, 4) is 0 Å². The Labute approximate surface area is 232 Å². The van der Waals surface area contributed by atoms with Crippen LogP contribution < -0.4 is 5.32 Å². The van der Waals surface area contributed by atoms with Gasteiger partial charge in [-0.15, -0.1) is 5.10 Å². The van der Waals surface area contributed by atoms with Gasteiger partial charge in [-0.2, -0.15) is 0 Å². The van der Waals surface area contributed by atoms with Crippen molar-refractivity contribution in [1.82, 2.24) is 15.5 Å². The highest BCUT2D eigenvalue weighted by Crippen LogP contribution is 2.38. The number of nitrogens with zero attached hydrogens (tertiary/aromatic N) is 3. The van der Waals surface area contributed by atoms with Crippen LogP contribution in [0.3, 0.4) is 0 Å². The predicted molar refractivity (Wildman–Crippen MR) is 145 cm³/mol. The fourth-order valence-corrected chi connectivity index (χ4v) is 5.47. The molecule has 3 aromatic rings. The fraction of sp³-hybridized carbons (Fsp3) is 0.367. The predicted octanol–water partition coefficient (Wildman–Crippen LogP) is 4.25. The zero-order valence-electron chi connectivity index (χ0n) is 22.3. The molecule has 2 heterocycles. The van der Waals surface area contributed by atoms with Crippen molar-refractivity contribution in [3.05, 3.63) is 88.3 Å². The minimum atomic E-state index is -1.15. The average Bonchev–Trinajstić information content (AvgIpc) is 3.65. The molecule has 2 aliphatic rings. The van der Waals surface area contributed by atoms with Gasteiger partial charge in [-0.05, 0) is 48.4 Å². The highest BCUT2D eigenvalue weighted by molar-refractivity contribution is 5.98. The van der Waals surface area contributed by atoms with E-state index in [2.05, 4.69) is 15.6 Å². The van der Waals surface area contributed by atoms with E-state index in [1.807, 2.05) is 61.5 Å². The molecule has 1 fully saturated rings. The molecule has 1 unspecified atom stereocenters. The summed E-state index contributed by atoms with van der Waals surface area (Å²) in [6.07, 6.45) is 4.52. The quantitative estimate of drug-likeness (QED) is 0.390. The Kier molecular flexibility index (Phi) is 8.23. The van der Waals surface area contributed by atoms with Crippen LogP contribution in [0.25, 0.3) is 0 Å². The summed E-state index contributed by atoms with van der Waals surface area (Å²) in [5.41, 5.74) is 2.96. The number of hydrogen-bond acceptors (Lipinski definition) is 7. The maximum absolute atomic E-state index is 13.5. The van der Waals surface area contributed by atoms with Gasteiger partial charge < -0.3 is 19.7 Å². The lowest BCUT2D eigenvalue weighted by Gasteiger charge is -2.25. The Morgan fingerprint density at radius 2 is 1.82 bits per heavy atom. The zero-order chi connectivity index (χ0) is 28.1. The van der Waals surface area contributed by atoms with Crippen LogP contribution in [0.4, 0.5) is 0 Å². The number of aromatic nitrogens is 1. The summed E-state index contributed by atoms with van der Waals surface area (Å²) in [4.78, 5) is 37.4. The van der Waals surface area contributed by atoms with E-state index < -0.39 is 5.97 Å². The average molecular weight is 545 g/mol. The lowest BCUT2D eigenvalue weighted by Crippen LogP contribution is -2.36. The highest BCUT2D eigenvalue weighted by atomic mass is 16.5. The van der Waals surface area contributed by atoms with Crippen LogP contribution in [0.2, 0.25) is 0 Å². The third-order valence-electron chi connectivity index (χ3n) is 7.53. The summed E-state index contributed by atoms with van der Waals surface area (Å²) in [5, 5.41) is 21.8. The van der Waals surface area contributed by atoms with Gasteiger partial charge in [0.15, 0.2) is 18.1 Å². The van der Waals surface area contributed by atoms with Crippen molar-refractivity contribution < 1.29 is 28.8 Å². The summed E-state index contributed by atoms with van der Waals surface area (Å²) in [5.74, 6) is -0.881. The van der Waals surface area contributed by atoms with Crippen LogP contribution in [0.15, 0.2) is 64.2 Å². The van der Waals surface area contributed by atoms with Gasteiger partial charge in [0.25, 0.3) is 5.91 Å². The smallest absolute Gasteiger partial charge is 0.358 e. The van der Waals surface area contributed by atoms with Gasteiger partial charge in [0.2, 0.25) is 11.8 Å². The van der Waals surface area contributed by atoms with E-state index in [4.69, 9.17) is 9.26 Å². The number of ether oxygens (including phenoxy) is 1. The number of hydrogen-bond donors (Lipinski definition) is 2. The molecule has 5 rings (SSSR count). The Morgan fingerprint density at radius 1 is 1.10 bits per heavy atom. The van der Waals surface area contributed by atoms with Crippen LogP contribution in [-0.4, -0.2) is 45.6 Å². The molecule has 2 aromatic carbocycles. The van der Waals surface area contributed by atoms with Gasteiger partial charge in [0.1, 0.15) is 0 Å². The molecule has 10 heteroatoms. The lowest BCUT2D eigenvalue weighted by atomic mass is 9.83. The maximum Gasteiger partial charge on any atom is 0.358 e. The van der Waals surface area contributed by atoms with Crippen LogP contribution in [-0.2, 0) is 33.8 Å². The Morgan fingerprint density at radius 3 is 2.50 bits per heavy atom. The second-order valence-electron chi connectivity index (χ2n) is 10.1. The molecule has 1 aliphatic heterocycles. The van der Waals surface area contributed by atoms with Gasteiger partial charge in [-0.3, -0.25) is 9.59 Å². The molecule has 0 bridgehead atoms. The van der Waals surface area contributed by atoms with E-state index in [1.165, 1.54) is 5.01 Å². The second-order valence-corrected chi connectivity index (χ2v) is 10.1. The molecule has 1 atom stereocenters. The number of aromatic carboxylic acids is 1. The first kappa shape index (κ1) is 27.1. The third kappa shape index (κ3) is 5.90. The Balaban J connectivity index is 1.30. The molecule has 40 heavy (non-hydrogen) atoms. The van der Waals surface area contributed by atoms with Gasteiger partial charge in [0.05, 0.1) is 19.0 Å². The molecule has 0 spiro atoms. The molecule has 2 N–H and O–H groups in total. The lowest BCUT2D eigenvalue weighted by molar-refractivity contribution is -0.136. The van der Waals surface area contributed by atoms with Crippen molar-refractivity contribution >= 4 is 23.7 Å². The van der Waals surface area contributed by atoms with Crippen molar-refractivity contribution in [2.24, 2.45) is 11.0 Å². The summed E-state index contributed by atoms with van der Waals surface area (Å²) < 4.78 is 10.8. The van der Waals surface area contributed by atoms with E-state index in [9.17, 15) is 19.5 Å². The van der Waals surface area contributed by atoms with E-state index in [-0.39, 0.29) is 49.0 Å². The van der Waals surface area contributed by atoms with Crippen molar-refractivity contribution in [3.63, 3.8) is 0 Å². The van der Waals surface area contributed by atoms with Crippen molar-refractivity contribution in [2.45, 2.75) is 58.0 Å². The van der Waals surface area contributed by atoms with E-state index in [0.717, 1.165) is 42.4 Å². The van der Waals surface area contributed by atoms with Gasteiger partial charge >= 0.3 is 5.97 Å². The number of amides is 2. The molecule has 1 aromatic heterocycles. The first-order valence-electron chi connectivity index (χ1n) is 13.6. The number of benzene rings is 2. The van der Waals surface area contributed by atoms with Gasteiger partial charge in [-0.1, -0.05) is 67.4 Å². The van der Waals surface area contributed by atoms with Crippen molar-refractivity contribution in [1.29, 1.82) is 0 Å². The van der Waals surface area contributed by atoms with Crippen LogP contribution >= 0.6 is 0 Å². The number of carboxylic acids is 1. The molecule has 0 radical (unpaired) electrons. The second kappa shape index (κ2) is 12.1. The molecule has 1 saturated carbocycles. The van der Waals surface area contributed by atoms with Crippen molar-refractivity contribution in [2.75, 3.05) is 6.61 Å². The van der Waals surface area contributed by atoms with Gasteiger partial charge in [-0.25, -0.2) is 9.80 Å². The number of carbonyl (C=O) groups excluding carboxylic acids is 2. The highest BCUT2D eigenvalue weighted by Gasteiger charge is 2.32. The first-order chi connectivity index (χ1) is 19.4. The number of nitrogens with one attached hydrogen (secondary N) is 1. The third-order valence-corrected chi connectivity index (χ3v) is 7.53. The minimum absolute atomic E-state index is 0.0739. The number of hydrazone groups is 1. The molecule has 0 saturated heterocycles. The summed E-state index contributed by atoms with van der Waals surface area (Å²) in [6, 6.07) is 17.2. The monoisotopic (exact) mass is 544 g/mol. The zero-order valence-corrected chi connectivity index (χ0v) is 22.3. The van der Waals surface area contributed by atoms with Crippen LogP contribution in [0.5, 0.6) is 0 Å². The molecule has 2 amide bonds. The molecule has 10 nitrogen and oxygen atoms in total. The summed E-state index contributed by atoms with van der Waals surface area (Å²) in [7, 11) is 0. The topological polar surface area (TPSA) is 134 Å². The van der Waals surface area contributed by atoms with Crippen LogP contribution in [0.1, 0.15) is 77.0 Å². The number of carboxylic acid groups (broad SMARTS) is 1. The Hall–Kier alpha value is -4.47. The summed E-state index contributed by atoms with van der Waals surface area (Å²) in [6.45, 7) is 2.11. The summed E-state index contributed by atoms with van der Waals surface area (Å²) >= 11 is 0. The maximum atomic E-state index is 13.5. The number of rotatable bonds is 10. The van der Waals surface area contributed by atoms with E-state index >= 15 is 0 Å².